The summed E-state index contributed by atoms with van der Waals surface area (Å²) in [5, 5.41) is 18.2. The molecule has 1 aromatic rings. The summed E-state index contributed by atoms with van der Waals surface area (Å²) >= 11 is 0. The Balaban J connectivity index is 2.10. The molecule has 98 valence electrons. The van der Waals surface area contributed by atoms with E-state index in [2.05, 4.69) is 12.2 Å². The highest BCUT2D eigenvalue weighted by atomic mass is 16.4. The first-order chi connectivity index (χ1) is 9.02. The van der Waals surface area contributed by atoms with Gasteiger partial charge in [-0.15, -0.1) is 0 Å². The molecule has 0 spiro atoms. The number of carboxylic acid groups (broad SMARTS) is 2. The first-order valence-electron chi connectivity index (χ1n) is 6.32. The Morgan fingerprint density at radius 1 is 1.16 bits per heavy atom. The Hall–Kier alpha value is -2.10. The molecule has 0 aliphatic heterocycles. The molecule has 2 aliphatic carbocycles. The summed E-state index contributed by atoms with van der Waals surface area (Å²) in [5.41, 5.74) is 0.574. The van der Waals surface area contributed by atoms with Crippen molar-refractivity contribution in [3.05, 3.63) is 47.0 Å². The van der Waals surface area contributed by atoms with E-state index in [4.69, 9.17) is 10.2 Å². The van der Waals surface area contributed by atoms with E-state index in [9.17, 15) is 9.59 Å². The first-order valence-corrected chi connectivity index (χ1v) is 6.32. The van der Waals surface area contributed by atoms with E-state index >= 15 is 0 Å². The van der Waals surface area contributed by atoms with Crippen LogP contribution in [0.1, 0.15) is 45.5 Å². The number of allylic oxidation sites excluding steroid dienone is 2. The molecule has 0 radical (unpaired) electrons. The minimum absolute atomic E-state index is 0.0775. The van der Waals surface area contributed by atoms with Gasteiger partial charge in [-0.05, 0) is 42.9 Å². The van der Waals surface area contributed by atoms with Gasteiger partial charge in [0.2, 0.25) is 0 Å². The van der Waals surface area contributed by atoms with Gasteiger partial charge >= 0.3 is 11.9 Å². The van der Waals surface area contributed by atoms with E-state index in [0.29, 0.717) is 5.92 Å². The van der Waals surface area contributed by atoms with Crippen molar-refractivity contribution < 1.29 is 19.8 Å². The van der Waals surface area contributed by atoms with Gasteiger partial charge in [-0.3, -0.25) is 0 Å². The van der Waals surface area contributed by atoms with Crippen LogP contribution in [0.5, 0.6) is 0 Å². The molecule has 19 heavy (non-hydrogen) atoms. The maximum Gasteiger partial charge on any atom is 0.336 e. The molecule has 3 rings (SSSR count). The summed E-state index contributed by atoms with van der Waals surface area (Å²) in [6, 6.07) is 4.70. The fourth-order valence-corrected chi connectivity index (χ4v) is 3.33. The van der Waals surface area contributed by atoms with Crippen LogP contribution in [0.3, 0.4) is 0 Å². The van der Waals surface area contributed by atoms with Gasteiger partial charge in [-0.2, -0.15) is 0 Å². The highest BCUT2D eigenvalue weighted by Crippen LogP contribution is 2.50. The Bertz CT molecular complexity index is 602. The van der Waals surface area contributed by atoms with Crippen molar-refractivity contribution in [3.8, 4) is 0 Å². The minimum Gasteiger partial charge on any atom is -0.478 e. The van der Waals surface area contributed by atoms with Crippen LogP contribution in [0.15, 0.2) is 30.4 Å². The van der Waals surface area contributed by atoms with Gasteiger partial charge in [-0.1, -0.05) is 18.2 Å². The van der Waals surface area contributed by atoms with Gasteiger partial charge in [0.15, 0.2) is 0 Å². The van der Waals surface area contributed by atoms with Gasteiger partial charge in [-0.25, -0.2) is 9.59 Å². The van der Waals surface area contributed by atoms with E-state index in [1.54, 1.807) is 6.07 Å². The molecule has 2 N–H and O–H groups in total. The van der Waals surface area contributed by atoms with Crippen LogP contribution >= 0.6 is 0 Å². The van der Waals surface area contributed by atoms with Gasteiger partial charge in [0.05, 0.1) is 11.1 Å². The standard InChI is InChI=1S/C15H14O4/c16-13(17)11-2-1-10(7-12(11)14(18)19)15-5-3-9(8-15)4-6-15/h1-3,5,7,9H,4,6,8H2,(H,16,17)(H,18,19). The Kier molecular flexibility index (Phi) is 2.49. The second-order valence-electron chi connectivity index (χ2n) is 5.39. The average molecular weight is 258 g/mol. The van der Waals surface area contributed by atoms with Crippen LogP contribution in [0, 0.1) is 5.92 Å². The molecular formula is C15H14O4. The normalized spacial score (nSPS) is 27.7. The number of carbonyl (C=O) groups is 2. The molecule has 4 nitrogen and oxygen atoms in total. The maximum atomic E-state index is 11.2. The van der Waals surface area contributed by atoms with E-state index in [-0.39, 0.29) is 16.5 Å². The van der Waals surface area contributed by atoms with Crippen molar-refractivity contribution in [2.75, 3.05) is 0 Å². The highest BCUT2D eigenvalue weighted by Gasteiger charge is 2.42. The van der Waals surface area contributed by atoms with Crippen molar-refractivity contribution >= 4 is 11.9 Å². The fourth-order valence-electron chi connectivity index (χ4n) is 3.33. The molecule has 2 unspecified atom stereocenters. The Labute approximate surface area is 110 Å². The van der Waals surface area contributed by atoms with Crippen LogP contribution < -0.4 is 0 Å². The largest absolute Gasteiger partial charge is 0.478 e. The zero-order valence-electron chi connectivity index (χ0n) is 10.3. The molecule has 1 fully saturated rings. The second kappa shape index (κ2) is 3.95. The fraction of sp³-hybridized carbons (Fsp3) is 0.333. The third-order valence-corrected chi connectivity index (χ3v) is 4.33. The molecule has 4 heteroatoms. The molecule has 1 saturated carbocycles. The monoisotopic (exact) mass is 258 g/mol. The summed E-state index contributed by atoms with van der Waals surface area (Å²) in [6.45, 7) is 0. The minimum atomic E-state index is -1.20. The lowest BCUT2D eigenvalue weighted by atomic mass is 9.79. The number of fused-ring (bicyclic) bond motifs is 2. The van der Waals surface area contributed by atoms with Crippen molar-refractivity contribution in [1.29, 1.82) is 0 Å². The SMILES string of the molecule is O=C(O)c1ccc(C23C=CC(CC2)C3)cc1C(=O)O. The third-order valence-electron chi connectivity index (χ3n) is 4.33. The van der Waals surface area contributed by atoms with Crippen molar-refractivity contribution in [2.24, 2.45) is 5.92 Å². The van der Waals surface area contributed by atoms with Gasteiger partial charge < -0.3 is 10.2 Å². The van der Waals surface area contributed by atoms with Crippen molar-refractivity contribution in [1.82, 2.24) is 0 Å². The molecule has 2 atom stereocenters. The van der Waals surface area contributed by atoms with Crippen LogP contribution in [-0.4, -0.2) is 22.2 Å². The quantitative estimate of drug-likeness (QED) is 0.817. The summed E-state index contributed by atoms with van der Waals surface area (Å²) in [7, 11) is 0. The predicted molar refractivity (Wildman–Crippen MR) is 68.5 cm³/mol. The highest BCUT2D eigenvalue weighted by molar-refractivity contribution is 6.01. The van der Waals surface area contributed by atoms with E-state index < -0.39 is 11.9 Å². The van der Waals surface area contributed by atoms with E-state index in [1.807, 2.05) is 0 Å². The maximum absolute atomic E-state index is 11.2. The number of rotatable bonds is 3. The second-order valence-corrected chi connectivity index (χ2v) is 5.39. The molecule has 0 aromatic heterocycles. The number of benzene rings is 1. The first kappa shape index (κ1) is 12.0. The Morgan fingerprint density at radius 2 is 1.89 bits per heavy atom. The molecule has 0 saturated heterocycles. The number of carboxylic acids is 2. The lowest BCUT2D eigenvalue weighted by Crippen LogP contribution is -2.19. The van der Waals surface area contributed by atoms with Crippen molar-refractivity contribution in [3.63, 3.8) is 0 Å². The summed E-state index contributed by atoms with van der Waals surface area (Å²) in [6.07, 6.45) is 7.50. The molecule has 1 aromatic carbocycles. The zero-order chi connectivity index (χ0) is 13.6. The van der Waals surface area contributed by atoms with Gasteiger partial charge in [0.1, 0.15) is 0 Å². The molecule has 0 heterocycles. The summed E-state index contributed by atoms with van der Waals surface area (Å²) in [4.78, 5) is 22.3. The summed E-state index contributed by atoms with van der Waals surface area (Å²) < 4.78 is 0. The van der Waals surface area contributed by atoms with E-state index in [0.717, 1.165) is 24.8 Å². The van der Waals surface area contributed by atoms with Gasteiger partial charge in [0.25, 0.3) is 0 Å². The van der Waals surface area contributed by atoms with Gasteiger partial charge in [0, 0.05) is 5.41 Å². The molecular weight excluding hydrogens is 244 g/mol. The lowest BCUT2D eigenvalue weighted by molar-refractivity contribution is 0.0651. The topological polar surface area (TPSA) is 74.6 Å². The third kappa shape index (κ3) is 1.75. The lowest BCUT2D eigenvalue weighted by Gasteiger charge is -2.24. The zero-order valence-corrected chi connectivity index (χ0v) is 10.3. The average Bonchev–Trinajstić information content (AvgIpc) is 2.99. The van der Waals surface area contributed by atoms with Crippen LogP contribution in [0.25, 0.3) is 0 Å². The Morgan fingerprint density at radius 3 is 2.37 bits per heavy atom. The van der Waals surface area contributed by atoms with Crippen LogP contribution in [0.4, 0.5) is 0 Å². The number of hydrogen-bond donors (Lipinski definition) is 2. The van der Waals surface area contributed by atoms with Crippen molar-refractivity contribution in [2.45, 2.75) is 24.7 Å². The number of aromatic carboxylic acids is 2. The predicted octanol–water partition coefficient (Wildman–Crippen LogP) is 2.69. The van der Waals surface area contributed by atoms with E-state index in [1.165, 1.54) is 12.1 Å². The van der Waals surface area contributed by atoms with Crippen LogP contribution in [0.2, 0.25) is 0 Å². The number of hydrogen-bond acceptors (Lipinski definition) is 2. The summed E-state index contributed by atoms with van der Waals surface area (Å²) in [5.74, 6) is -1.80. The smallest absolute Gasteiger partial charge is 0.336 e. The molecule has 2 aliphatic rings. The molecule has 2 bridgehead atoms. The molecule has 0 amide bonds. The van der Waals surface area contributed by atoms with Crippen LogP contribution in [-0.2, 0) is 5.41 Å².